The van der Waals surface area contributed by atoms with Crippen LogP contribution in [0.15, 0.2) is 72.9 Å². The average Bonchev–Trinajstić information content (AvgIpc) is 3.05. The van der Waals surface area contributed by atoms with Gasteiger partial charge in [0, 0.05) is 22.8 Å². The molecule has 0 saturated carbocycles. The molecule has 0 radical (unpaired) electrons. The van der Waals surface area contributed by atoms with Crippen LogP contribution in [0.5, 0.6) is 0 Å². The Morgan fingerprint density at radius 1 is 1.00 bits per heavy atom. The van der Waals surface area contributed by atoms with Gasteiger partial charge in [0.2, 0.25) is 0 Å². The number of para-hydroxylation sites is 2. The van der Waals surface area contributed by atoms with Gasteiger partial charge in [0.05, 0.1) is 23.4 Å². The molecule has 0 saturated heterocycles. The molecule has 6 nitrogen and oxygen atoms in total. The Kier molecular flexibility index (Phi) is 4.22. The van der Waals surface area contributed by atoms with E-state index in [0.717, 1.165) is 22.2 Å². The number of carbonyl (C=O) groups is 1. The van der Waals surface area contributed by atoms with Gasteiger partial charge >= 0.3 is 0 Å². The molecule has 1 heterocycles. The number of benzene rings is 3. The minimum atomic E-state index is -0.195. The lowest BCUT2D eigenvalue weighted by Crippen LogP contribution is -2.13. The maximum Gasteiger partial charge on any atom is 0.255 e. The second-order valence-corrected chi connectivity index (χ2v) is 6.38. The summed E-state index contributed by atoms with van der Waals surface area (Å²) in [4.78, 5) is 12.4. The zero-order valence-corrected chi connectivity index (χ0v) is 14.6. The number of aromatic nitrogens is 2. The topological polar surface area (TPSA) is 99.0 Å². The molecule has 27 heavy (non-hydrogen) atoms. The Morgan fingerprint density at radius 3 is 2.56 bits per heavy atom. The third-order valence-corrected chi connectivity index (χ3v) is 4.35. The van der Waals surface area contributed by atoms with Gasteiger partial charge in [-0.05, 0) is 48.0 Å². The molecule has 0 spiro atoms. The number of anilines is 3. The molecule has 1 aromatic heterocycles. The van der Waals surface area contributed by atoms with E-state index < -0.39 is 0 Å². The molecule has 134 valence electrons. The van der Waals surface area contributed by atoms with E-state index >= 15 is 0 Å². The first-order chi connectivity index (χ1) is 13.1. The average molecular weight is 357 g/mol. The van der Waals surface area contributed by atoms with Crippen molar-refractivity contribution in [2.45, 2.75) is 6.54 Å². The summed E-state index contributed by atoms with van der Waals surface area (Å²) in [5, 5.41) is 8.37. The van der Waals surface area contributed by atoms with Crippen LogP contribution in [0.1, 0.15) is 15.9 Å². The van der Waals surface area contributed by atoms with Crippen LogP contribution in [0.2, 0.25) is 0 Å². The molecule has 0 atom stereocenters. The monoisotopic (exact) mass is 357 g/mol. The van der Waals surface area contributed by atoms with Gasteiger partial charge in [-0.25, -0.2) is 0 Å². The molecule has 4 rings (SSSR count). The highest BCUT2D eigenvalue weighted by Crippen LogP contribution is 2.19. The van der Waals surface area contributed by atoms with Gasteiger partial charge in [-0.3, -0.25) is 9.48 Å². The maximum absolute atomic E-state index is 12.4. The first-order valence-corrected chi connectivity index (χ1v) is 8.56. The Balaban J connectivity index is 1.48. The summed E-state index contributed by atoms with van der Waals surface area (Å²) in [5.74, 6) is -0.195. The van der Waals surface area contributed by atoms with Crippen LogP contribution in [0.3, 0.4) is 0 Å². The lowest BCUT2D eigenvalue weighted by molar-refractivity contribution is 0.102. The number of hydrogen-bond donors (Lipinski definition) is 3. The lowest BCUT2D eigenvalue weighted by atomic mass is 10.1. The molecule has 1 amide bonds. The SMILES string of the molecule is Nc1ccc2nn(Cc3ccc(C(=O)Nc4ccccc4N)cc3)cc2c1. The number of rotatable bonds is 4. The minimum Gasteiger partial charge on any atom is -0.399 e. The van der Waals surface area contributed by atoms with Gasteiger partial charge in [-0.1, -0.05) is 24.3 Å². The van der Waals surface area contributed by atoms with Crippen molar-refractivity contribution in [3.05, 3.63) is 84.1 Å². The van der Waals surface area contributed by atoms with E-state index in [1.165, 1.54) is 0 Å². The smallest absolute Gasteiger partial charge is 0.255 e. The predicted octanol–water partition coefficient (Wildman–Crippen LogP) is 3.50. The number of nitrogens with zero attached hydrogens (tertiary/aromatic N) is 2. The molecule has 4 aromatic rings. The van der Waals surface area contributed by atoms with E-state index in [1.54, 1.807) is 24.3 Å². The molecule has 0 bridgehead atoms. The maximum atomic E-state index is 12.4. The normalized spacial score (nSPS) is 10.8. The molecule has 0 aliphatic carbocycles. The number of fused-ring (bicyclic) bond motifs is 1. The van der Waals surface area contributed by atoms with Crippen molar-refractivity contribution in [3.63, 3.8) is 0 Å². The zero-order chi connectivity index (χ0) is 18.8. The van der Waals surface area contributed by atoms with Crippen LogP contribution < -0.4 is 16.8 Å². The van der Waals surface area contributed by atoms with Crippen LogP contribution >= 0.6 is 0 Å². The number of nitrogens with one attached hydrogen (secondary N) is 1. The van der Waals surface area contributed by atoms with Crippen LogP contribution in [0.4, 0.5) is 17.1 Å². The van der Waals surface area contributed by atoms with Gasteiger partial charge in [0.15, 0.2) is 0 Å². The van der Waals surface area contributed by atoms with Crippen molar-refractivity contribution in [2.75, 3.05) is 16.8 Å². The predicted molar refractivity (Wildman–Crippen MR) is 108 cm³/mol. The summed E-state index contributed by atoms with van der Waals surface area (Å²) >= 11 is 0. The van der Waals surface area contributed by atoms with Crippen molar-refractivity contribution in [2.24, 2.45) is 0 Å². The fourth-order valence-corrected chi connectivity index (χ4v) is 2.93. The van der Waals surface area contributed by atoms with E-state index in [1.807, 2.05) is 53.3 Å². The molecule has 3 aromatic carbocycles. The van der Waals surface area contributed by atoms with Crippen LogP contribution in [-0.4, -0.2) is 15.7 Å². The van der Waals surface area contributed by atoms with Gasteiger partial charge in [-0.15, -0.1) is 0 Å². The third kappa shape index (κ3) is 3.59. The molecule has 0 fully saturated rings. The summed E-state index contributed by atoms with van der Waals surface area (Å²) in [6, 6.07) is 20.3. The number of amides is 1. The van der Waals surface area contributed by atoms with Crippen molar-refractivity contribution in [3.8, 4) is 0 Å². The van der Waals surface area contributed by atoms with E-state index in [0.29, 0.717) is 23.5 Å². The quantitative estimate of drug-likeness (QED) is 0.487. The lowest BCUT2D eigenvalue weighted by Gasteiger charge is -2.08. The van der Waals surface area contributed by atoms with E-state index in [9.17, 15) is 4.79 Å². The largest absolute Gasteiger partial charge is 0.399 e. The molecular weight excluding hydrogens is 338 g/mol. The zero-order valence-electron chi connectivity index (χ0n) is 14.6. The first kappa shape index (κ1) is 16.7. The van der Waals surface area contributed by atoms with Crippen molar-refractivity contribution >= 4 is 33.9 Å². The van der Waals surface area contributed by atoms with Crippen molar-refractivity contribution in [1.29, 1.82) is 0 Å². The van der Waals surface area contributed by atoms with Gasteiger partial charge in [-0.2, -0.15) is 5.10 Å². The summed E-state index contributed by atoms with van der Waals surface area (Å²) < 4.78 is 1.86. The molecule has 0 unspecified atom stereocenters. The highest BCUT2D eigenvalue weighted by molar-refractivity contribution is 6.05. The fourth-order valence-electron chi connectivity index (χ4n) is 2.93. The molecule has 6 heteroatoms. The highest BCUT2D eigenvalue weighted by atomic mass is 16.1. The Hall–Kier alpha value is -3.80. The van der Waals surface area contributed by atoms with Gasteiger partial charge < -0.3 is 16.8 Å². The second-order valence-electron chi connectivity index (χ2n) is 6.38. The first-order valence-electron chi connectivity index (χ1n) is 8.56. The van der Waals surface area contributed by atoms with Crippen LogP contribution in [0, 0.1) is 0 Å². The molecular formula is C21H19N5O. The number of nitrogens with two attached hydrogens (primary N) is 2. The minimum absolute atomic E-state index is 0.195. The second kappa shape index (κ2) is 6.84. The number of hydrogen-bond acceptors (Lipinski definition) is 4. The van der Waals surface area contributed by atoms with Gasteiger partial charge in [0.1, 0.15) is 0 Å². The molecule has 0 aliphatic heterocycles. The molecule has 0 aliphatic rings. The fraction of sp³-hybridized carbons (Fsp3) is 0.0476. The summed E-state index contributed by atoms with van der Waals surface area (Å²) in [6.07, 6.45) is 1.96. The van der Waals surface area contributed by atoms with Crippen molar-refractivity contribution < 1.29 is 4.79 Å². The summed E-state index contributed by atoms with van der Waals surface area (Å²) in [6.45, 7) is 0.613. The van der Waals surface area contributed by atoms with Gasteiger partial charge in [0.25, 0.3) is 5.91 Å². The third-order valence-electron chi connectivity index (χ3n) is 4.35. The number of carbonyl (C=O) groups excluding carboxylic acids is 1. The Labute approximate surface area is 156 Å². The summed E-state index contributed by atoms with van der Waals surface area (Å²) in [7, 11) is 0. The number of nitrogen functional groups attached to an aromatic ring is 2. The summed E-state index contributed by atoms with van der Waals surface area (Å²) in [5.41, 5.74) is 16.1. The van der Waals surface area contributed by atoms with E-state index in [-0.39, 0.29) is 5.91 Å². The van der Waals surface area contributed by atoms with Crippen molar-refractivity contribution in [1.82, 2.24) is 9.78 Å². The van der Waals surface area contributed by atoms with Crippen LogP contribution in [-0.2, 0) is 6.54 Å². The van der Waals surface area contributed by atoms with Crippen LogP contribution in [0.25, 0.3) is 10.9 Å². The molecule has 5 N–H and O–H groups in total. The standard InChI is InChI=1S/C21H19N5O/c22-17-9-10-19-16(11-17)13-26(25-19)12-14-5-7-15(8-6-14)21(27)24-20-4-2-1-3-18(20)23/h1-11,13H,12,22-23H2,(H,24,27). The van der Waals surface area contributed by atoms with E-state index in [2.05, 4.69) is 10.4 Å². The van der Waals surface area contributed by atoms with E-state index in [4.69, 9.17) is 11.5 Å². The Morgan fingerprint density at radius 2 is 1.78 bits per heavy atom. The highest BCUT2D eigenvalue weighted by Gasteiger charge is 2.08. The Bertz CT molecular complexity index is 1120.